The number of ether oxygens (including phenoxy) is 2. The second kappa shape index (κ2) is 12.9. The molecule has 0 aliphatic rings. The quantitative estimate of drug-likeness (QED) is 0.245. The number of alkyl halides is 3. The topological polar surface area (TPSA) is 108 Å². The summed E-state index contributed by atoms with van der Waals surface area (Å²) in [5.74, 6) is 1.55. The summed E-state index contributed by atoms with van der Waals surface area (Å²) in [5, 5.41) is 20.5. The first kappa shape index (κ1) is 26.9. The van der Waals surface area contributed by atoms with Crippen molar-refractivity contribution in [3.63, 3.8) is 0 Å². The van der Waals surface area contributed by atoms with Crippen molar-refractivity contribution in [2.75, 3.05) is 6.61 Å². The van der Waals surface area contributed by atoms with E-state index in [1.54, 1.807) is 16.8 Å². The van der Waals surface area contributed by atoms with E-state index in [-0.39, 0.29) is 19.0 Å². The third kappa shape index (κ3) is 8.44. The molecule has 0 saturated heterocycles. The molecule has 2 aromatic carbocycles. The first-order chi connectivity index (χ1) is 18.4. The Kier molecular flexibility index (Phi) is 9.09. The van der Waals surface area contributed by atoms with Crippen LogP contribution < -0.4 is 9.47 Å². The van der Waals surface area contributed by atoms with Gasteiger partial charge < -0.3 is 19.0 Å². The number of aliphatic hydroxyl groups excluding tert-OH is 1. The Labute approximate surface area is 216 Å². The zero-order chi connectivity index (χ0) is 26.8. The second-order valence-electron chi connectivity index (χ2n) is 8.31. The van der Waals surface area contributed by atoms with Crippen LogP contribution >= 0.6 is 0 Å². The lowest BCUT2D eigenvalue weighted by atomic mass is 10.1. The van der Waals surface area contributed by atoms with Crippen molar-refractivity contribution < 1.29 is 32.2 Å². The normalized spacial score (nSPS) is 11.8. The molecule has 0 aliphatic heterocycles. The van der Waals surface area contributed by atoms with Gasteiger partial charge in [0.15, 0.2) is 5.82 Å². The fraction of sp³-hybridized carbons (Fsp3) is 0.308. The molecule has 0 radical (unpaired) electrons. The van der Waals surface area contributed by atoms with E-state index >= 15 is 0 Å². The van der Waals surface area contributed by atoms with Gasteiger partial charge in [-0.2, -0.15) is 0 Å². The maximum atomic E-state index is 12.3. The number of aromatic nitrogens is 5. The Morgan fingerprint density at radius 3 is 2.42 bits per heavy atom. The predicted molar refractivity (Wildman–Crippen MR) is 131 cm³/mol. The lowest BCUT2D eigenvalue weighted by Gasteiger charge is -2.08. The van der Waals surface area contributed by atoms with E-state index in [1.807, 2.05) is 24.3 Å². The van der Waals surface area contributed by atoms with Crippen LogP contribution in [0, 0.1) is 0 Å². The van der Waals surface area contributed by atoms with Gasteiger partial charge in [0.1, 0.15) is 30.1 Å². The van der Waals surface area contributed by atoms with E-state index in [4.69, 9.17) is 14.3 Å². The van der Waals surface area contributed by atoms with Gasteiger partial charge in [0, 0.05) is 12.5 Å². The van der Waals surface area contributed by atoms with Crippen LogP contribution in [0.2, 0.25) is 0 Å². The number of aliphatic hydroxyl groups is 1. The number of unbranched alkanes of at least 4 members (excludes halogenated alkanes) is 1. The van der Waals surface area contributed by atoms with Gasteiger partial charge in [-0.15, -0.1) is 18.3 Å². The smallest absolute Gasteiger partial charge is 0.487 e. The number of benzene rings is 2. The Balaban J connectivity index is 1.19. The minimum Gasteiger partial charge on any atom is -0.487 e. The molecule has 9 nitrogen and oxygen atoms in total. The highest BCUT2D eigenvalue weighted by molar-refractivity contribution is 5.66. The molecule has 0 spiro atoms. The van der Waals surface area contributed by atoms with Gasteiger partial charge in [0.25, 0.3) is 0 Å². The molecule has 0 aliphatic carbocycles. The summed E-state index contributed by atoms with van der Waals surface area (Å²) in [6.45, 7) is 0.631. The molecule has 0 saturated carbocycles. The van der Waals surface area contributed by atoms with E-state index in [1.165, 1.54) is 36.1 Å². The van der Waals surface area contributed by atoms with Crippen LogP contribution in [-0.2, 0) is 26.0 Å². The van der Waals surface area contributed by atoms with Gasteiger partial charge in [0.2, 0.25) is 5.89 Å². The van der Waals surface area contributed by atoms with Gasteiger partial charge in [-0.25, -0.2) is 9.67 Å². The molecule has 0 bridgehead atoms. The first-order valence-electron chi connectivity index (χ1n) is 11.9. The predicted octanol–water partition coefficient (Wildman–Crippen LogP) is 4.87. The standard InChI is InChI=1S/C26H26F3N5O4/c27-26(28,29)38-23-12-7-20(8-13-23)9-14-25-30-21(18-37-25)17-36-22-10-5-19(6-11-22)3-1-2-4-24-31-32-33-34(24)15-16-35/h5-14,18,35H,1-4,15-17H2/b14-9+. The van der Waals surface area contributed by atoms with Gasteiger partial charge in [-0.05, 0) is 71.2 Å². The monoisotopic (exact) mass is 529 g/mol. The van der Waals surface area contributed by atoms with E-state index < -0.39 is 6.36 Å². The van der Waals surface area contributed by atoms with Gasteiger partial charge in [0.05, 0.1) is 13.2 Å². The summed E-state index contributed by atoms with van der Waals surface area (Å²) in [6.07, 6.45) is 3.64. The summed E-state index contributed by atoms with van der Waals surface area (Å²) in [6, 6.07) is 13.3. The molecule has 1 N–H and O–H groups in total. The fourth-order valence-corrected chi connectivity index (χ4v) is 3.61. The Hall–Kier alpha value is -4.19. The SMILES string of the molecule is OCCn1nnnc1CCCCc1ccc(OCc2coc(/C=C/c3ccc(OC(F)(F)F)cc3)n2)cc1. The number of halogens is 3. The van der Waals surface area contributed by atoms with E-state index in [9.17, 15) is 13.2 Å². The largest absolute Gasteiger partial charge is 0.573 e. The molecule has 0 amide bonds. The molecule has 0 fully saturated rings. The third-order valence-electron chi connectivity index (χ3n) is 5.45. The van der Waals surface area contributed by atoms with Crippen LogP contribution in [0.5, 0.6) is 11.5 Å². The number of hydrogen-bond donors (Lipinski definition) is 1. The average Bonchev–Trinajstić information content (AvgIpc) is 3.54. The van der Waals surface area contributed by atoms with Gasteiger partial charge in [-0.1, -0.05) is 24.3 Å². The molecule has 38 heavy (non-hydrogen) atoms. The van der Waals surface area contributed by atoms with Crippen molar-refractivity contribution in [2.24, 2.45) is 0 Å². The zero-order valence-corrected chi connectivity index (χ0v) is 20.3. The summed E-state index contributed by atoms with van der Waals surface area (Å²) in [4.78, 5) is 4.33. The van der Waals surface area contributed by atoms with Gasteiger partial charge >= 0.3 is 6.36 Å². The molecule has 2 heterocycles. The van der Waals surface area contributed by atoms with Crippen LogP contribution in [0.3, 0.4) is 0 Å². The Morgan fingerprint density at radius 1 is 0.947 bits per heavy atom. The molecule has 2 aromatic heterocycles. The summed E-state index contributed by atoms with van der Waals surface area (Å²) in [7, 11) is 0. The van der Waals surface area contributed by atoms with Crippen molar-refractivity contribution in [1.29, 1.82) is 0 Å². The molecule has 4 aromatic rings. The molecular formula is C26H26F3N5O4. The molecule has 4 rings (SSSR count). The summed E-state index contributed by atoms with van der Waals surface area (Å²) in [5.41, 5.74) is 2.46. The third-order valence-corrected chi connectivity index (χ3v) is 5.45. The van der Waals surface area contributed by atoms with Crippen LogP contribution in [0.1, 0.15) is 41.4 Å². The number of oxazole rings is 1. The molecule has 200 valence electrons. The van der Waals surface area contributed by atoms with Crippen molar-refractivity contribution >= 4 is 12.2 Å². The van der Waals surface area contributed by atoms with Gasteiger partial charge in [-0.3, -0.25) is 0 Å². The fourth-order valence-electron chi connectivity index (χ4n) is 3.61. The maximum Gasteiger partial charge on any atom is 0.573 e. The number of nitrogens with zero attached hydrogens (tertiary/aromatic N) is 5. The first-order valence-corrected chi connectivity index (χ1v) is 11.9. The minimum atomic E-state index is -4.72. The summed E-state index contributed by atoms with van der Waals surface area (Å²) < 4.78 is 53.4. The zero-order valence-electron chi connectivity index (χ0n) is 20.3. The van der Waals surface area contributed by atoms with E-state index in [0.717, 1.165) is 31.5 Å². The molecule has 12 heteroatoms. The average molecular weight is 530 g/mol. The molecule has 0 atom stereocenters. The highest BCUT2D eigenvalue weighted by atomic mass is 19.4. The Bertz CT molecular complexity index is 1300. The number of aryl methyl sites for hydroxylation is 2. The highest BCUT2D eigenvalue weighted by Crippen LogP contribution is 2.23. The number of hydrogen-bond acceptors (Lipinski definition) is 8. The summed E-state index contributed by atoms with van der Waals surface area (Å²) >= 11 is 0. The van der Waals surface area contributed by atoms with E-state index in [0.29, 0.717) is 29.4 Å². The highest BCUT2D eigenvalue weighted by Gasteiger charge is 2.30. The lowest BCUT2D eigenvalue weighted by Crippen LogP contribution is -2.16. The molecule has 0 unspecified atom stereocenters. The number of rotatable bonds is 13. The van der Waals surface area contributed by atoms with Crippen LogP contribution in [0.4, 0.5) is 13.2 Å². The van der Waals surface area contributed by atoms with Crippen molar-refractivity contribution in [3.05, 3.63) is 83.3 Å². The van der Waals surface area contributed by atoms with Crippen LogP contribution in [-0.4, -0.2) is 43.3 Å². The van der Waals surface area contributed by atoms with Crippen LogP contribution in [0.15, 0.2) is 59.2 Å². The van der Waals surface area contributed by atoms with Crippen molar-refractivity contribution in [2.45, 2.75) is 45.2 Å². The maximum absolute atomic E-state index is 12.3. The second-order valence-corrected chi connectivity index (χ2v) is 8.31. The van der Waals surface area contributed by atoms with E-state index in [2.05, 4.69) is 25.2 Å². The van der Waals surface area contributed by atoms with Crippen molar-refractivity contribution in [1.82, 2.24) is 25.2 Å². The minimum absolute atomic E-state index is 0.00600. The lowest BCUT2D eigenvalue weighted by molar-refractivity contribution is -0.274. The van der Waals surface area contributed by atoms with Crippen LogP contribution in [0.25, 0.3) is 12.2 Å². The Morgan fingerprint density at radius 2 is 1.68 bits per heavy atom. The van der Waals surface area contributed by atoms with Crippen molar-refractivity contribution in [3.8, 4) is 11.5 Å². The number of tetrazole rings is 1. The molecular weight excluding hydrogens is 503 g/mol.